The molecule has 0 radical (unpaired) electrons. The highest BCUT2D eigenvalue weighted by Gasteiger charge is 2.29. The second kappa shape index (κ2) is 15.9. The maximum Gasteiger partial charge on any atom is 0.409 e. The van der Waals surface area contributed by atoms with Gasteiger partial charge in [-0.2, -0.15) is 0 Å². The Morgan fingerprint density at radius 3 is 1.78 bits per heavy atom. The van der Waals surface area contributed by atoms with Crippen LogP contribution in [0.4, 0.5) is 4.79 Å². The standard InChI is InChI=1S/C36H36N4O4.C2H6/c41-34(30-16-8-3-9-17-30)40-33-19-11-10-18-32(33)39(35(40)42)31-20-22-38(23-21-31)36(43)44-25-24-37(26-28-12-4-1-5-13-28)27-29-14-6-2-7-15-29;1-2/h1-19,31H,20-27H2;1-2H3. The van der Waals surface area contributed by atoms with Crippen LogP contribution < -0.4 is 5.69 Å². The van der Waals surface area contributed by atoms with Gasteiger partial charge in [-0.15, -0.1) is 0 Å². The average molecular weight is 619 g/mol. The molecule has 2 heterocycles. The lowest BCUT2D eigenvalue weighted by Gasteiger charge is -2.32. The zero-order valence-corrected chi connectivity index (χ0v) is 26.6. The molecule has 238 valence electrons. The molecule has 0 N–H and O–H groups in total. The van der Waals surface area contributed by atoms with Gasteiger partial charge in [0.1, 0.15) is 6.61 Å². The lowest BCUT2D eigenvalue weighted by molar-refractivity contribution is 0.0769. The van der Waals surface area contributed by atoms with E-state index in [4.69, 9.17) is 4.74 Å². The van der Waals surface area contributed by atoms with Crippen LogP contribution in [0.5, 0.6) is 0 Å². The van der Waals surface area contributed by atoms with Crippen molar-refractivity contribution < 1.29 is 14.3 Å². The number of ether oxygens (including phenoxy) is 1. The predicted octanol–water partition coefficient (Wildman–Crippen LogP) is 6.99. The summed E-state index contributed by atoms with van der Waals surface area (Å²) < 4.78 is 8.73. The molecule has 8 nitrogen and oxygen atoms in total. The van der Waals surface area contributed by atoms with Crippen molar-refractivity contribution in [1.29, 1.82) is 0 Å². The molecule has 1 amide bonds. The summed E-state index contributed by atoms with van der Waals surface area (Å²) in [6.07, 6.45) is 0.852. The maximum absolute atomic E-state index is 13.7. The fourth-order valence-electron chi connectivity index (χ4n) is 5.99. The summed E-state index contributed by atoms with van der Waals surface area (Å²) in [7, 11) is 0. The minimum atomic E-state index is -0.349. The predicted molar refractivity (Wildman–Crippen MR) is 182 cm³/mol. The van der Waals surface area contributed by atoms with Gasteiger partial charge in [0.2, 0.25) is 0 Å². The molecule has 8 heteroatoms. The van der Waals surface area contributed by atoms with Crippen molar-refractivity contribution in [2.24, 2.45) is 0 Å². The van der Waals surface area contributed by atoms with Crippen molar-refractivity contribution in [3.05, 3.63) is 142 Å². The third-order valence-electron chi connectivity index (χ3n) is 8.22. The number of benzene rings is 4. The van der Waals surface area contributed by atoms with Gasteiger partial charge < -0.3 is 9.64 Å². The van der Waals surface area contributed by atoms with Gasteiger partial charge in [0.25, 0.3) is 5.91 Å². The number of carbonyl (C=O) groups is 2. The van der Waals surface area contributed by atoms with E-state index in [1.165, 1.54) is 15.7 Å². The maximum atomic E-state index is 13.7. The Kier molecular flexibility index (Phi) is 11.2. The van der Waals surface area contributed by atoms with Crippen LogP contribution in [0, 0.1) is 0 Å². The second-order valence-corrected chi connectivity index (χ2v) is 11.2. The molecule has 1 aliphatic rings. The number of carbonyl (C=O) groups excluding carboxylic acids is 2. The number of hydrogen-bond donors (Lipinski definition) is 0. The van der Waals surface area contributed by atoms with E-state index >= 15 is 0 Å². The highest BCUT2D eigenvalue weighted by Crippen LogP contribution is 2.26. The molecular formula is C38H42N4O4. The highest BCUT2D eigenvalue weighted by atomic mass is 16.6. The number of nitrogens with zero attached hydrogens (tertiary/aromatic N) is 4. The number of likely N-dealkylation sites (tertiary alicyclic amines) is 1. The van der Waals surface area contributed by atoms with Crippen LogP contribution in [-0.4, -0.2) is 57.2 Å². The summed E-state index contributed by atoms with van der Waals surface area (Å²) >= 11 is 0. The summed E-state index contributed by atoms with van der Waals surface area (Å²) in [5.41, 5.74) is 3.83. The van der Waals surface area contributed by atoms with Crippen molar-refractivity contribution in [2.75, 3.05) is 26.2 Å². The van der Waals surface area contributed by atoms with E-state index in [0.717, 1.165) is 18.6 Å². The zero-order valence-electron chi connectivity index (χ0n) is 26.6. The van der Waals surface area contributed by atoms with Crippen molar-refractivity contribution in [3.63, 3.8) is 0 Å². The number of imidazole rings is 1. The summed E-state index contributed by atoms with van der Waals surface area (Å²) in [6, 6.07) is 36.7. The molecule has 0 spiro atoms. The molecule has 0 atom stereocenters. The van der Waals surface area contributed by atoms with E-state index in [9.17, 15) is 14.4 Å². The topological polar surface area (TPSA) is 76.8 Å². The molecule has 0 saturated carbocycles. The van der Waals surface area contributed by atoms with Gasteiger partial charge in [-0.1, -0.05) is 105 Å². The minimum absolute atomic E-state index is 0.131. The first-order valence-electron chi connectivity index (χ1n) is 16.1. The number of fused-ring (bicyclic) bond motifs is 1. The van der Waals surface area contributed by atoms with Crippen LogP contribution in [0.1, 0.15) is 54.2 Å². The first-order chi connectivity index (χ1) is 22.6. The van der Waals surface area contributed by atoms with E-state index in [0.29, 0.717) is 43.6 Å². The van der Waals surface area contributed by atoms with Gasteiger partial charge in [0.15, 0.2) is 0 Å². The van der Waals surface area contributed by atoms with Crippen LogP contribution in [-0.2, 0) is 17.8 Å². The Bertz CT molecular complexity index is 1720. The SMILES string of the molecule is CC.O=C(OCCN(Cc1ccccc1)Cc1ccccc1)N1CCC(n2c(=O)n(C(=O)c3ccccc3)c3ccccc32)CC1. The minimum Gasteiger partial charge on any atom is -0.448 e. The Morgan fingerprint density at radius 1 is 0.717 bits per heavy atom. The Hall–Kier alpha value is -4.95. The molecule has 4 aromatic carbocycles. The summed E-state index contributed by atoms with van der Waals surface area (Å²) in [6.45, 7) is 7.35. The number of rotatable bonds is 9. The van der Waals surface area contributed by atoms with Crippen molar-refractivity contribution >= 4 is 23.0 Å². The van der Waals surface area contributed by atoms with Crippen molar-refractivity contribution in [3.8, 4) is 0 Å². The lowest BCUT2D eigenvalue weighted by Crippen LogP contribution is -2.42. The highest BCUT2D eigenvalue weighted by molar-refractivity contribution is 6.01. The van der Waals surface area contributed by atoms with Gasteiger partial charge in [0, 0.05) is 44.3 Å². The molecule has 0 unspecified atom stereocenters. The smallest absolute Gasteiger partial charge is 0.409 e. The molecule has 5 aromatic rings. The average Bonchev–Trinajstić information content (AvgIpc) is 3.41. The van der Waals surface area contributed by atoms with E-state index in [2.05, 4.69) is 29.2 Å². The van der Waals surface area contributed by atoms with Gasteiger partial charge >= 0.3 is 11.8 Å². The van der Waals surface area contributed by atoms with Crippen molar-refractivity contribution in [1.82, 2.24) is 18.9 Å². The monoisotopic (exact) mass is 618 g/mol. The van der Waals surface area contributed by atoms with Gasteiger partial charge in [-0.05, 0) is 48.2 Å². The second-order valence-electron chi connectivity index (χ2n) is 11.2. The summed E-state index contributed by atoms with van der Waals surface area (Å²) in [4.78, 5) is 44.1. The summed E-state index contributed by atoms with van der Waals surface area (Å²) in [5.74, 6) is -0.347. The van der Waals surface area contributed by atoms with Gasteiger partial charge in [-0.3, -0.25) is 14.3 Å². The number of piperidine rings is 1. The van der Waals surface area contributed by atoms with Crippen LogP contribution in [0.2, 0.25) is 0 Å². The fraction of sp³-hybridized carbons (Fsp3) is 0.289. The van der Waals surface area contributed by atoms with E-state index in [-0.39, 0.29) is 30.3 Å². The first kappa shape index (κ1) is 32.4. The quantitative estimate of drug-likeness (QED) is 0.178. The van der Waals surface area contributed by atoms with Crippen LogP contribution >= 0.6 is 0 Å². The molecule has 1 fully saturated rings. The number of para-hydroxylation sites is 2. The third kappa shape index (κ3) is 7.64. The first-order valence-corrected chi connectivity index (χ1v) is 16.1. The number of amides is 1. The van der Waals surface area contributed by atoms with Crippen molar-refractivity contribution in [2.45, 2.75) is 45.8 Å². The van der Waals surface area contributed by atoms with Gasteiger partial charge in [0.05, 0.1) is 11.0 Å². The molecule has 46 heavy (non-hydrogen) atoms. The molecule has 0 aliphatic carbocycles. The molecule has 0 bridgehead atoms. The summed E-state index contributed by atoms with van der Waals surface area (Å²) in [5, 5.41) is 0. The molecule has 6 rings (SSSR count). The zero-order chi connectivity index (χ0) is 32.3. The Morgan fingerprint density at radius 2 is 1.22 bits per heavy atom. The largest absolute Gasteiger partial charge is 0.448 e. The number of hydrogen-bond acceptors (Lipinski definition) is 5. The molecule has 1 saturated heterocycles. The van der Waals surface area contributed by atoms with E-state index in [1.54, 1.807) is 39.8 Å². The Labute approximate surface area is 270 Å². The fourth-order valence-corrected chi connectivity index (χ4v) is 5.99. The van der Waals surface area contributed by atoms with Crippen LogP contribution in [0.15, 0.2) is 120 Å². The molecule has 1 aromatic heterocycles. The third-order valence-corrected chi connectivity index (χ3v) is 8.22. The number of aromatic nitrogens is 2. The van der Waals surface area contributed by atoms with Crippen LogP contribution in [0.25, 0.3) is 11.0 Å². The van der Waals surface area contributed by atoms with E-state index < -0.39 is 0 Å². The van der Waals surface area contributed by atoms with Crippen LogP contribution in [0.3, 0.4) is 0 Å². The normalized spacial score (nSPS) is 13.3. The van der Waals surface area contributed by atoms with Gasteiger partial charge in [-0.25, -0.2) is 14.2 Å². The Balaban J connectivity index is 0.00000204. The molecular weight excluding hydrogens is 576 g/mol. The molecule has 1 aliphatic heterocycles. The lowest BCUT2D eigenvalue weighted by atomic mass is 10.0. The van der Waals surface area contributed by atoms with E-state index in [1.807, 2.05) is 74.5 Å².